The van der Waals surface area contributed by atoms with Crippen molar-refractivity contribution >= 4 is 11.8 Å². The molecule has 0 aromatic carbocycles. The first-order valence-electron chi connectivity index (χ1n) is 4.04. The molecular weight excluding hydrogens is 168 g/mol. The summed E-state index contributed by atoms with van der Waals surface area (Å²) in [6.45, 7) is 3.91. The minimum atomic E-state index is -0.353. The predicted octanol–water partition coefficient (Wildman–Crippen LogP) is 1.15. The maximum atomic E-state index is 11.3. The number of nitrogens with zero attached hydrogens (tertiary/aromatic N) is 1. The highest BCUT2D eigenvalue weighted by atomic mass is 16.5. The summed E-state index contributed by atoms with van der Waals surface area (Å²) in [5.74, 6) is -0.0252. The van der Waals surface area contributed by atoms with Crippen molar-refractivity contribution in [2.75, 3.05) is 12.3 Å². The van der Waals surface area contributed by atoms with Crippen molar-refractivity contribution in [3.05, 3.63) is 23.4 Å². The zero-order valence-electron chi connectivity index (χ0n) is 7.70. The van der Waals surface area contributed by atoms with Crippen molar-refractivity contribution in [2.24, 2.45) is 0 Å². The number of rotatable bonds is 2. The number of ether oxygens (including phenoxy) is 1. The third kappa shape index (κ3) is 2.18. The molecule has 1 aromatic heterocycles. The first kappa shape index (κ1) is 9.51. The maximum absolute atomic E-state index is 11.3. The predicted molar refractivity (Wildman–Crippen MR) is 49.3 cm³/mol. The van der Waals surface area contributed by atoms with Crippen LogP contribution in [0.1, 0.15) is 22.8 Å². The van der Waals surface area contributed by atoms with E-state index in [-0.39, 0.29) is 5.97 Å². The molecule has 0 amide bonds. The lowest BCUT2D eigenvalue weighted by Crippen LogP contribution is -2.08. The molecule has 1 heterocycles. The van der Waals surface area contributed by atoms with E-state index < -0.39 is 0 Å². The van der Waals surface area contributed by atoms with Crippen molar-refractivity contribution in [2.45, 2.75) is 13.8 Å². The van der Waals surface area contributed by atoms with Gasteiger partial charge in [0.15, 0.2) is 0 Å². The van der Waals surface area contributed by atoms with Gasteiger partial charge in [-0.25, -0.2) is 9.78 Å². The van der Waals surface area contributed by atoms with Gasteiger partial charge in [-0.2, -0.15) is 0 Å². The fraction of sp³-hybridized carbons (Fsp3) is 0.333. The van der Waals surface area contributed by atoms with Gasteiger partial charge in [0.25, 0.3) is 0 Å². The Balaban J connectivity index is 2.99. The molecule has 13 heavy (non-hydrogen) atoms. The monoisotopic (exact) mass is 180 g/mol. The molecule has 1 rings (SSSR count). The molecule has 0 atom stereocenters. The maximum Gasteiger partial charge on any atom is 0.338 e. The summed E-state index contributed by atoms with van der Waals surface area (Å²) in [6, 6.07) is 1.52. The molecule has 0 unspecified atom stereocenters. The standard InChI is InChI=1S/C9H12N2O2/c1-3-13-9(12)7-4-8(10)11-5-6(7)2/h4-5H,3H2,1-2H3,(H2,10,11). The van der Waals surface area contributed by atoms with Crippen molar-refractivity contribution in [3.8, 4) is 0 Å². The lowest BCUT2D eigenvalue weighted by Gasteiger charge is -2.04. The first-order valence-corrected chi connectivity index (χ1v) is 4.04. The van der Waals surface area contributed by atoms with Crippen molar-refractivity contribution in [3.63, 3.8) is 0 Å². The number of aromatic nitrogens is 1. The van der Waals surface area contributed by atoms with Crippen molar-refractivity contribution in [1.29, 1.82) is 0 Å². The van der Waals surface area contributed by atoms with Crippen LogP contribution in [0.4, 0.5) is 5.82 Å². The Kier molecular flexibility index (Phi) is 2.84. The van der Waals surface area contributed by atoms with Gasteiger partial charge < -0.3 is 10.5 Å². The molecular formula is C9H12N2O2. The van der Waals surface area contributed by atoms with Gasteiger partial charge in [0.2, 0.25) is 0 Å². The normalized spacial score (nSPS) is 9.69. The van der Waals surface area contributed by atoms with E-state index in [1.165, 1.54) is 6.07 Å². The molecule has 0 bridgehead atoms. The van der Waals surface area contributed by atoms with Gasteiger partial charge in [-0.05, 0) is 25.5 Å². The van der Waals surface area contributed by atoms with Crippen LogP contribution >= 0.6 is 0 Å². The average molecular weight is 180 g/mol. The second kappa shape index (κ2) is 3.89. The third-order valence-corrected chi connectivity index (χ3v) is 1.62. The van der Waals surface area contributed by atoms with Gasteiger partial charge in [0.05, 0.1) is 12.2 Å². The molecule has 0 aliphatic heterocycles. The molecule has 0 aliphatic rings. The molecule has 4 nitrogen and oxygen atoms in total. The van der Waals surface area contributed by atoms with Crippen molar-refractivity contribution in [1.82, 2.24) is 4.98 Å². The quantitative estimate of drug-likeness (QED) is 0.693. The minimum Gasteiger partial charge on any atom is -0.462 e. The van der Waals surface area contributed by atoms with Crippen LogP contribution in [0.3, 0.4) is 0 Å². The highest BCUT2D eigenvalue weighted by molar-refractivity contribution is 5.91. The SMILES string of the molecule is CCOC(=O)c1cc(N)ncc1C. The van der Waals surface area contributed by atoms with E-state index in [9.17, 15) is 4.79 Å². The van der Waals surface area contributed by atoms with Crippen LogP contribution in [0.25, 0.3) is 0 Å². The third-order valence-electron chi connectivity index (χ3n) is 1.62. The Morgan fingerprint density at radius 3 is 3.00 bits per heavy atom. The molecule has 4 heteroatoms. The Morgan fingerprint density at radius 2 is 2.38 bits per heavy atom. The molecule has 0 aliphatic carbocycles. The van der Waals surface area contributed by atoms with Crippen LogP contribution in [0, 0.1) is 6.92 Å². The average Bonchev–Trinajstić information content (AvgIpc) is 2.09. The van der Waals surface area contributed by atoms with Crippen LogP contribution in [0.2, 0.25) is 0 Å². The number of pyridine rings is 1. The number of nitrogens with two attached hydrogens (primary N) is 1. The van der Waals surface area contributed by atoms with E-state index in [1.54, 1.807) is 20.0 Å². The van der Waals surface area contributed by atoms with Gasteiger partial charge in [-0.1, -0.05) is 0 Å². The zero-order chi connectivity index (χ0) is 9.84. The van der Waals surface area contributed by atoms with Crippen molar-refractivity contribution < 1.29 is 9.53 Å². The Bertz CT molecular complexity index is 323. The van der Waals surface area contributed by atoms with Gasteiger partial charge in [0, 0.05) is 6.20 Å². The van der Waals surface area contributed by atoms with E-state index in [0.29, 0.717) is 18.0 Å². The summed E-state index contributed by atoms with van der Waals surface area (Å²) < 4.78 is 4.84. The molecule has 2 N–H and O–H groups in total. The summed E-state index contributed by atoms with van der Waals surface area (Å²) in [6.07, 6.45) is 1.56. The number of hydrogen-bond acceptors (Lipinski definition) is 4. The number of hydrogen-bond donors (Lipinski definition) is 1. The molecule has 0 saturated heterocycles. The van der Waals surface area contributed by atoms with E-state index >= 15 is 0 Å². The summed E-state index contributed by atoms with van der Waals surface area (Å²) in [5.41, 5.74) is 6.69. The zero-order valence-corrected chi connectivity index (χ0v) is 7.70. The minimum absolute atomic E-state index is 0.327. The highest BCUT2D eigenvalue weighted by Crippen LogP contribution is 2.10. The van der Waals surface area contributed by atoms with Crippen LogP contribution < -0.4 is 5.73 Å². The van der Waals surface area contributed by atoms with Crippen LogP contribution in [0.15, 0.2) is 12.3 Å². The Labute approximate surface area is 76.7 Å². The summed E-state index contributed by atoms with van der Waals surface area (Å²) in [4.78, 5) is 15.2. The molecule has 0 fully saturated rings. The van der Waals surface area contributed by atoms with E-state index in [2.05, 4.69) is 4.98 Å². The lowest BCUT2D eigenvalue weighted by atomic mass is 10.1. The molecule has 0 radical (unpaired) electrons. The smallest absolute Gasteiger partial charge is 0.338 e. The number of nitrogen functional groups attached to an aromatic ring is 1. The highest BCUT2D eigenvalue weighted by Gasteiger charge is 2.10. The lowest BCUT2D eigenvalue weighted by molar-refractivity contribution is 0.0525. The molecule has 0 saturated carbocycles. The van der Waals surface area contributed by atoms with Gasteiger partial charge in [-0.3, -0.25) is 0 Å². The number of carbonyl (C=O) groups excluding carboxylic acids is 1. The number of esters is 1. The number of anilines is 1. The molecule has 70 valence electrons. The molecule has 0 spiro atoms. The van der Waals surface area contributed by atoms with Gasteiger partial charge in [-0.15, -0.1) is 0 Å². The first-order chi connectivity index (χ1) is 6.15. The van der Waals surface area contributed by atoms with E-state index in [1.807, 2.05) is 0 Å². The summed E-state index contributed by atoms with van der Waals surface area (Å²) >= 11 is 0. The van der Waals surface area contributed by atoms with Crippen LogP contribution in [-0.2, 0) is 4.74 Å². The van der Waals surface area contributed by atoms with E-state index in [4.69, 9.17) is 10.5 Å². The van der Waals surface area contributed by atoms with Crippen LogP contribution in [-0.4, -0.2) is 17.6 Å². The molecule has 1 aromatic rings. The number of carbonyl (C=O) groups is 1. The van der Waals surface area contributed by atoms with Gasteiger partial charge in [0.1, 0.15) is 5.82 Å². The van der Waals surface area contributed by atoms with E-state index in [0.717, 1.165) is 5.56 Å². The summed E-state index contributed by atoms with van der Waals surface area (Å²) in [5, 5.41) is 0. The van der Waals surface area contributed by atoms with Crippen LogP contribution in [0.5, 0.6) is 0 Å². The largest absolute Gasteiger partial charge is 0.462 e. The topological polar surface area (TPSA) is 65.2 Å². The fourth-order valence-electron chi connectivity index (χ4n) is 0.969. The fourth-order valence-corrected chi connectivity index (χ4v) is 0.969. The second-order valence-electron chi connectivity index (χ2n) is 2.64. The van der Waals surface area contributed by atoms with Gasteiger partial charge >= 0.3 is 5.97 Å². The number of aryl methyl sites for hydroxylation is 1. The Morgan fingerprint density at radius 1 is 1.69 bits per heavy atom. The summed E-state index contributed by atoms with van der Waals surface area (Å²) in [7, 11) is 0. The Hall–Kier alpha value is -1.58. The second-order valence-corrected chi connectivity index (χ2v) is 2.64.